The van der Waals surface area contributed by atoms with E-state index in [0.717, 1.165) is 5.69 Å². The summed E-state index contributed by atoms with van der Waals surface area (Å²) in [5.74, 6) is -0.204. The van der Waals surface area contributed by atoms with Crippen LogP contribution in [-0.2, 0) is 16.0 Å². The molecule has 3 amide bonds. The first kappa shape index (κ1) is 17.7. The van der Waals surface area contributed by atoms with E-state index in [0.29, 0.717) is 43.9 Å². The van der Waals surface area contributed by atoms with Gasteiger partial charge in [0.2, 0.25) is 11.8 Å². The van der Waals surface area contributed by atoms with Gasteiger partial charge < -0.3 is 20.1 Å². The highest BCUT2D eigenvalue weighted by Crippen LogP contribution is 2.15. The molecule has 1 fully saturated rings. The van der Waals surface area contributed by atoms with Gasteiger partial charge in [-0.1, -0.05) is 6.07 Å². The number of anilines is 1. The fourth-order valence-electron chi connectivity index (χ4n) is 3.03. The fraction of sp³-hybridized carbons (Fsp3) is 0.316. The maximum atomic E-state index is 12.7. The fourth-order valence-corrected chi connectivity index (χ4v) is 3.03. The highest BCUT2D eigenvalue weighted by Gasteiger charge is 2.25. The van der Waals surface area contributed by atoms with Gasteiger partial charge in [-0.3, -0.25) is 14.4 Å². The van der Waals surface area contributed by atoms with Gasteiger partial charge in [0.1, 0.15) is 0 Å². The molecule has 0 saturated carbocycles. The second-order valence-electron chi connectivity index (χ2n) is 6.31. The largest absolute Gasteiger partial charge is 0.365 e. The molecule has 1 aromatic carbocycles. The molecular weight excluding hydrogens is 332 g/mol. The van der Waals surface area contributed by atoms with E-state index in [2.05, 4.69) is 10.3 Å². The summed E-state index contributed by atoms with van der Waals surface area (Å²) in [6, 6.07) is 10.7. The third-order valence-corrected chi connectivity index (χ3v) is 4.35. The van der Waals surface area contributed by atoms with Crippen LogP contribution >= 0.6 is 0 Å². The molecule has 3 rings (SSSR count). The zero-order chi connectivity index (χ0) is 18.5. The van der Waals surface area contributed by atoms with Crippen LogP contribution in [0.3, 0.4) is 0 Å². The van der Waals surface area contributed by atoms with Crippen LogP contribution in [0.15, 0.2) is 42.6 Å². The van der Waals surface area contributed by atoms with Crippen molar-refractivity contribution >= 4 is 23.4 Å². The quantitative estimate of drug-likeness (QED) is 0.872. The number of nitrogens with zero attached hydrogens (tertiary/aromatic N) is 2. The third kappa shape index (κ3) is 4.30. The highest BCUT2D eigenvalue weighted by molar-refractivity contribution is 5.97. The van der Waals surface area contributed by atoms with E-state index in [4.69, 9.17) is 0 Å². The van der Waals surface area contributed by atoms with Gasteiger partial charge in [0.25, 0.3) is 5.91 Å². The number of hydrogen-bond donors (Lipinski definition) is 2. The smallest absolute Gasteiger partial charge is 0.254 e. The summed E-state index contributed by atoms with van der Waals surface area (Å²) >= 11 is 0. The number of hydrogen-bond acceptors (Lipinski definition) is 3. The van der Waals surface area contributed by atoms with Gasteiger partial charge in [-0.2, -0.15) is 0 Å². The van der Waals surface area contributed by atoms with Crippen LogP contribution in [0.5, 0.6) is 0 Å². The van der Waals surface area contributed by atoms with Crippen LogP contribution in [0.25, 0.3) is 0 Å². The zero-order valence-electron chi connectivity index (χ0n) is 14.7. The standard InChI is InChI=1S/C19H22N4O3/c1-14(24)21-17-5-2-4-15(12-17)19(26)23-10-8-22(9-11-23)18(25)13-16-6-3-7-20-16/h2-7,12,20H,8-11,13H2,1H3,(H,21,24). The molecule has 2 heterocycles. The molecule has 1 aliphatic rings. The van der Waals surface area contributed by atoms with E-state index < -0.39 is 0 Å². The van der Waals surface area contributed by atoms with E-state index in [1.807, 2.05) is 12.1 Å². The zero-order valence-corrected chi connectivity index (χ0v) is 14.7. The summed E-state index contributed by atoms with van der Waals surface area (Å²) < 4.78 is 0. The second kappa shape index (κ2) is 7.86. The maximum absolute atomic E-state index is 12.7. The number of amides is 3. The van der Waals surface area contributed by atoms with Gasteiger partial charge in [0.15, 0.2) is 0 Å². The van der Waals surface area contributed by atoms with Gasteiger partial charge >= 0.3 is 0 Å². The van der Waals surface area contributed by atoms with Crippen molar-refractivity contribution in [1.82, 2.24) is 14.8 Å². The number of H-pyrrole nitrogens is 1. The van der Waals surface area contributed by atoms with E-state index in [1.54, 1.807) is 40.3 Å². The molecule has 0 atom stereocenters. The monoisotopic (exact) mass is 354 g/mol. The Morgan fingerprint density at radius 2 is 1.77 bits per heavy atom. The number of piperazine rings is 1. The summed E-state index contributed by atoms with van der Waals surface area (Å²) in [7, 11) is 0. The van der Waals surface area contributed by atoms with Crippen molar-refractivity contribution in [2.45, 2.75) is 13.3 Å². The molecule has 0 unspecified atom stereocenters. The minimum absolute atomic E-state index is 0.0622. The first-order chi connectivity index (χ1) is 12.5. The lowest BCUT2D eigenvalue weighted by molar-refractivity contribution is -0.132. The number of rotatable bonds is 4. The molecule has 0 aliphatic carbocycles. The van der Waals surface area contributed by atoms with Crippen molar-refractivity contribution in [3.05, 3.63) is 53.9 Å². The second-order valence-corrected chi connectivity index (χ2v) is 6.31. The Bertz CT molecular complexity index is 793. The summed E-state index contributed by atoms with van der Waals surface area (Å²) in [4.78, 5) is 42.7. The third-order valence-electron chi connectivity index (χ3n) is 4.35. The van der Waals surface area contributed by atoms with Gasteiger partial charge in [0, 0.05) is 56.2 Å². The van der Waals surface area contributed by atoms with E-state index >= 15 is 0 Å². The highest BCUT2D eigenvalue weighted by atomic mass is 16.2. The van der Waals surface area contributed by atoms with E-state index in [-0.39, 0.29) is 17.7 Å². The first-order valence-corrected chi connectivity index (χ1v) is 8.60. The molecule has 26 heavy (non-hydrogen) atoms. The average Bonchev–Trinajstić information content (AvgIpc) is 3.14. The van der Waals surface area contributed by atoms with Crippen molar-refractivity contribution in [2.24, 2.45) is 0 Å². The Balaban J connectivity index is 1.56. The summed E-state index contributed by atoms with van der Waals surface area (Å²) in [5, 5.41) is 2.68. The lowest BCUT2D eigenvalue weighted by Crippen LogP contribution is -2.51. The maximum Gasteiger partial charge on any atom is 0.254 e. The minimum Gasteiger partial charge on any atom is -0.365 e. The lowest BCUT2D eigenvalue weighted by atomic mass is 10.1. The van der Waals surface area contributed by atoms with Crippen molar-refractivity contribution in [1.29, 1.82) is 0 Å². The van der Waals surface area contributed by atoms with Gasteiger partial charge in [-0.25, -0.2) is 0 Å². The van der Waals surface area contributed by atoms with E-state index in [9.17, 15) is 14.4 Å². The summed E-state index contributed by atoms with van der Waals surface area (Å²) in [6.07, 6.45) is 2.15. The molecule has 2 N–H and O–H groups in total. The Labute approximate surface area is 152 Å². The molecule has 0 spiro atoms. The summed E-state index contributed by atoms with van der Waals surface area (Å²) in [5.41, 5.74) is 2.02. The molecule has 2 aromatic rings. The molecule has 1 aliphatic heterocycles. The average molecular weight is 354 g/mol. The van der Waals surface area contributed by atoms with E-state index in [1.165, 1.54) is 6.92 Å². The normalized spacial score (nSPS) is 14.2. The van der Waals surface area contributed by atoms with Crippen LogP contribution in [0.4, 0.5) is 5.69 Å². The van der Waals surface area contributed by atoms with Crippen LogP contribution in [0.1, 0.15) is 23.0 Å². The number of aromatic nitrogens is 1. The molecular formula is C19H22N4O3. The Morgan fingerprint density at radius 3 is 2.42 bits per heavy atom. The van der Waals surface area contributed by atoms with Gasteiger partial charge in [-0.05, 0) is 30.3 Å². The van der Waals surface area contributed by atoms with Crippen molar-refractivity contribution in [3.63, 3.8) is 0 Å². The number of carbonyl (C=O) groups excluding carboxylic acids is 3. The molecule has 0 bridgehead atoms. The number of carbonyl (C=O) groups is 3. The molecule has 136 valence electrons. The molecule has 7 nitrogen and oxygen atoms in total. The number of aromatic amines is 1. The Kier molecular flexibility index (Phi) is 5.36. The van der Waals surface area contributed by atoms with Crippen LogP contribution in [-0.4, -0.2) is 58.7 Å². The minimum atomic E-state index is -0.177. The van der Waals surface area contributed by atoms with Gasteiger partial charge in [-0.15, -0.1) is 0 Å². The number of nitrogens with one attached hydrogen (secondary N) is 2. The van der Waals surface area contributed by atoms with Crippen LogP contribution in [0, 0.1) is 0 Å². The topological polar surface area (TPSA) is 85.5 Å². The van der Waals surface area contributed by atoms with Crippen LogP contribution < -0.4 is 5.32 Å². The van der Waals surface area contributed by atoms with Crippen molar-refractivity contribution < 1.29 is 14.4 Å². The molecule has 0 radical (unpaired) electrons. The molecule has 7 heteroatoms. The lowest BCUT2D eigenvalue weighted by Gasteiger charge is -2.35. The van der Waals surface area contributed by atoms with Crippen molar-refractivity contribution in [2.75, 3.05) is 31.5 Å². The Hall–Kier alpha value is -3.09. The SMILES string of the molecule is CC(=O)Nc1cccc(C(=O)N2CCN(C(=O)Cc3ccc[nH]3)CC2)c1. The predicted octanol–water partition coefficient (Wildman–Crippen LogP) is 1.50. The first-order valence-electron chi connectivity index (χ1n) is 8.60. The van der Waals surface area contributed by atoms with Crippen LogP contribution in [0.2, 0.25) is 0 Å². The van der Waals surface area contributed by atoms with Crippen molar-refractivity contribution in [3.8, 4) is 0 Å². The Morgan fingerprint density at radius 1 is 1.04 bits per heavy atom. The van der Waals surface area contributed by atoms with Gasteiger partial charge in [0.05, 0.1) is 6.42 Å². The summed E-state index contributed by atoms with van der Waals surface area (Å²) in [6.45, 7) is 3.48. The number of benzene rings is 1. The predicted molar refractivity (Wildman–Crippen MR) is 97.7 cm³/mol. The molecule has 1 aromatic heterocycles. The molecule has 1 saturated heterocycles.